The molecule has 0 unspecified atom stereocenters. The van der Waals surface area contributed by atoms with E-state index in [1.54, 1.807) is 42.5 Å². The van der Waals surface area contributed by atoms with Crippen molar-refractivity contribution in [3.8, 4) is 17.2 Å². The highest BCUT2D eigenvalue weighted by atomic mass is 19.1. The number of benzene rings is 3. The van der Waals surface area contributed by atoms with Gasteiger partial charge in [0.25, 0.3) is 11.8 Å². The van der Waals surface area contributed by atoms with Gasteiger partial charge in [0.05, 0.1) is 23.9 Å². The summed E-state index contributed by atoms with van der Waals surface area (Å²) in [6.07, 6.45) is 0. The van der Waals surface area contributed by atoms with E-state index in [1.807, 2.05) is 0 Å². The molecule has 0 aliphatic carbocycles. The Kier molecular flexibility index (Phi) is 5.71. The fourth-order valence-corrected chi connectivity index (χ4v) is 3.17. The van der Waals surface area contributed by atoms with E-state index in [0.29, 0.717) is 39.8 Å². The molecular weight excluding hydrogens is 417 g/mol. The number of carbonyl (C=O) groups excluding carboxylic acids is 3. The maximum Gasteiger partial charge on any atom is 0.323 e. The Balaban J connectivity index is 1.40. The average Bonchev–Trinajstić information content (AvgIpc) is 3.08. The molecule has 162 valence electrons. The quantitative estimate of drug-likeness (QED) is 0.495. The molecule has 32 heavy (non-hydrogen) atoms. The van der Waals surface area contributed by atoms with Crippen LogP contribution in [0.1, 0.15) is 26.3 Å². The summed E-state index contributed by atoms with van der Waals surface area (Å²) in [6, 6.07) is 15.3. The van der Waals surface area contributed by atoms with Crippen molar-refractivity contribution in [1.29, 1.82) is 0 Å². The third kappa shape index (κ3) is 4.36. The van der Waals surface area contributed by atoms with Crippen LogP contribution in [0.5, 0.6) is 17.2 Å². The van der Waals surface area contributed by atoms with Gasteiger partial charge in [0.2, 0.25) is 0 Å². The number of ether oxygens (including phenoxy) is 2. The Morgan fingerprint density at radius 2 is 1.62 bits per heavy atom. The number of rotatable bonds is 6. The van der Waals surface area contributed by atoms with Crippen molar-refractivity contribution in [2.24, 2.45) is 0 Å². The molecule has 0 spiro atoms. The molecule has 0 radical (unpaired) electrons. The average molecular weight is 435 g/mol. The summed E-state index contributed by atoms with van der Waals surface area (Å²) in [6.45, 7) is -0.660. The maximum absolute atomic E-state index is 12.9. The lowest BCUT2D eigenvalue weighted by Crippen LogP contribution is -2.19. The van der Waals surface area contributed by atoms with Gasteiger partial charge in [-0.1, -0.05) is 6.07 Å². The molecule has 4 amide bonds. The Hall–Kier alpha value is -4.40. The number of methoxy groups -OCH3 is 1. The second kappa shape index (κ2) is 8.76. The van der Waals surface area contributed by atoms with Crippen LogP contribution in [0.2, 0.25) is 0 Å². The van der Waals surface area contributed by atoms with E-state index < -0.39 is 24.5 Å². The van der Waals surface area contributed by atoms with Crippen LogP contribution in [0.3, 0.4) is 0 Å². The zero-order valence-electron chi connectivity index (χ0n) is 16.9. The van der Waals surface area contributed by atoms with Gasteiger partial charge < -0.3 is 20.1 Å². The topological polar surface area (TPSA) is 106 Å². The SMILES string of the molecule is COc1ccc(CF)cc1NC(=O)Nc1ccc(Oc2ccc3c(c2)C(=O)NC3=O)cc1. The third-order valence-electron chi connectivity index (χ3n) is 4.72. The fraction of sp³-hybridized carbons (Fsp3) is 0.0870. The number of fused-ring (bicyclic) bond motifs is 1. The first-order chi connectivity index (χ1) is 15.5. The molecule has 0 saturated carbocycles. The lowest BCUT2D eigenvalue weighted by atomic mass is 10.1. The third-order valence-corrected chi connectivity index (χ3v) is 4.72. The van der Waals surface area contributed by atoms with Gasteiger partial charge in [-0.15, -0.1) is 0 Å². The summed E-state index contributed by atoms with van der Waals surface area (Å²) in [5.41, 5.74) is 1.82. The molecule has 0 saturated heterocycles. The van der Waals surface area contributed by atoms with Gasteiger partial charge in [0.15, 0.2) is 0 Å². The van der Waals surface area contributed by atoms with Gasteiger partial charge in [-0.2, -0.15) is 0 Å². The van der Waals surface area contributed by atoms with Crippen LogP contribution >= 0.6 is 0 Å². The van der Waals surface area contributed by atoms with Crippen molar-refractivity contribution in [3.63, 3.8) is 0 Å². The second-order valence-corrected chi connectivity index (χ2v) is 6.86. The first-order valence-corrected chi connectivity index (χ1v) is 9.55. The Labute approximate surface area is 182 Å². The highest BCUT2D eigenvalue weighted by molar-refractivity contribution is 6.21. The Morgan fingerprint density at radius 3 is 2.34 bits per heavy atom. The summed E-state index contributed by atoms with van der Waals surface area (Å²) < 4.78 is 23.8. The van der Waals surface area contributed by atoms with Crippen LogP contribution < -0.4 is 25.4 Å². The molecule has 9 heteroatoms. The zero-order chi connectivity index (χ0) is 22.7. The monoisotopic (exact) mass is 435 g/mol. The normalized spacial score (nSPS) is 12.1. The Morgan fingerprint density at radius 1 is 0.906 bits per heavy atom. The van der Waals surface area contributed by atoms with Gasteiger partial charge >= 0.3 is 6.03 Å². The summed E-state index contributed by atoms with van der Waals surface area (Å²) in [7, 11) is 1.46. The molecular formula is C23H18FN3O5. The number of carbonyl (C=O) groups is 3. The summed E-state index contributed by atoms with van der Waals surface area (Å²) in [4.78, 5) is 35.7. The number of amides is 4. The van der Waals surface area contributed by atoms with Crippen molar-refractivity contribution < 1.29 is 28.2 Å². The van der Waals surface area contributed by atoms with E-state index in [1.165, 1.54) is 25.3 Å². The molecule has 1 heterocycles. The maximum atomic E-state index is 12.9. The van der Waals surface area contributed by atoms with Crippen molar-refractivity contribution in [3.05, 3.63) is 77.4 Å². The minimum Gasteiger partial charge on any atom is -0.495 e. The molecule has 8 nitrogen and oxygen atoms in total. The predicted octanol–water partition coefficient (Wildman–Crippen LogP) is 4.48. The number of alkyl halides is 1. The van der Waals surface area contributed by atoms with Crippen molar-refractivity contribution in [2.75, 3.05) is 17.7 Å². The van der Waals surface area contributed by atoms with Crippen molar-refractivity contribution in [2.45, 2.75) is 6.67 Å². The van der Waals surface area contributed by atoms with Crippen LogP contribution in [0.4, 0.5) is 20.6 Å². The molecule has 4 rings (SSSR count). The van der Waals surface area contributed by atoms with Gasteiger partial charge in [0, 0.05) is 5.69 Å². The molecule has 1 aliphatic rings. The van der Waals surface area contributed by atoms with Crippen molar-refractivity contribution in [1.82, 2.24) is 5.32 Å². The first kappa shape index (κ1) is 20.9. The molecule has 0 fully saturated rings. The lowest BCUT2D eigenvalue weighted by molar-refractivity contribution is 0.0879. The number of halogens is 1. The molecule has 0 aromatic heterocycles. The van der Waals surface area contributed by atoms with Gasteiger partial charge in [-0.25, -0.2) is 9.18 Å². The number of hydrogen-bond donors (Lipinski definition) is 3. The molecule has 3 aromatic carbocycles. The predicted molar refractivity (Wildman–Crippen MR) is 115 cm³/mol. The van der Waals surface area contributed by atoms with E-state index >= 15 is 0 Å². The van der Waals surface area contributed by atoms with Gasteiger partial charge in [0.1, 0.15) is 23.9 Å². The van der Waals surface area contributed by atoms with Gasteiger partial charge in [-0.05, 0) is 60.2 Å². The lowest BCUT2D eigenvalue weighted by Gasteiger charge is -2.12. The zero-order valence-corrected chi connectivity index (χ0v) is 16.9. The van der Waals surface area contributed by atoms with Crippen LogP contribution in [-0.4, -0.2) is 25.0 Å². The number of urea groups is 1. The van der Waals surface area contributed by atoms with Crippen LogP contribution in [0, 0.1) is 0 Å². The largest absolute Gasteiger partial charge is 0.495 e. The summed E-state index contributed by atoms with van der Waals surface area (Å²) in [5, 5.41) is 7.53. The second-order valence-electron chi connectivity index (χ2n) is 6.86. The highest BCUT2D eigenvalue weighted by Gasteiger charge is 2.26. The highest BCUT2D eigenvalue weighted by Crippen LogP contribution is 2.28. The number of anilines is 2. The molecule has 0 bridgehead atoms. The Bertz CT molecular complexity index is 1210. The standard InChI is InChI=1S/C23H18FN3O5/c1-31-20-9-2-13(12-24)10-19(20)26-23(30)25-14-3-5-15(6-4-14)32-16-7-8-17-18(11-16)22(29)27-21(17)28/h2-11H,12H2,1H3,(H2,25,26,30)(H,27,28,29). The fourth-order valence-electron chi connectivity index (χ4n) is 3.17. The first-order valence-electron chi connectivity index (χ1n) is 9.55. The molecule has 3 aromatic rings. The smallest absolute Gasteiger partial charge is 0.323 e. The van der Waals surface area contributed by atoms with E-state index in [-0.39, 0.29) is 5.56 Å². The number of nitrogens with one attached hydrogen (secondary N) is 3. The van der Waals surface area contributed by atoms with Gasteiger partial charge in [-0.3, -0.25) is 14.9 Å². The summed E-state index contributed by atoms with van der Waals surface area (Å²) >= 11 is 0. The summed E-state index contributed by atoms with van der Waals surface area (Å²) in [5.74, 6) is 0.379. The van der Waals surface area contributed by atoms with E-state index in [0.717, 1.165) is 0 Å². The van der Waals surface area contributed by atoms with Crippen LogP contribution in [-0.2, 0) is 6.67 Å². The molecule has 0 atom stereocenters. The van der Waals surface area contributed by atoms with E-state index in [2.05, 4.69) is 16.0 Å². The van der Waals surface area contributed by atoms with E-state index in [4.69, 9.17) is 9.47 Å². The van der Waals surface area contributed by atoms with Crippen LogP contribution in [0.15, 0.2) is 60.7 Å². The number of imide groups is 1. The molecule has 1 aliphatic heterocycles. The van der Waals surface area contributed by atoms with E-state index in [9.17, 15) is 18.8 Å². The minimum absolute atomic E-state index is 0.259. The molecule has 3 N–H and O–H groups in total. The van der Waals surface area contributed by atoms with Crippen molar-refractivity contribution >= 4 is 29.2 Å². The number of hydrogen-bond acceptors (Lipinski definition) is 5. The minimum atomic E-state index is -0.660. The van der Waals surface area contributed by atoms with Crippen LogP contribution in [0.25, 0.3) is 0 Å².